The van der Waals surface area contributed by atoms with Crippen molar-refractivity contribution in [1.29, 1.82) is 0 Å². The summed E-state index contributed by atoms with van der Waals surface area (Å²) in [6.45, 7) is 1.42. The molecular weight excluding hydrogens is 336 g/mol. The average Bonchev–Trinajstić information content (AvgIpc) is 2.97. The molecule has 2 heterocycles. The predicted molar refractivity (Wildman–Crippen MR) is 80.8 cm³/mol. The third kappa shape index (κ3) is 3.27. The standard InChI is InChI=1S/C16H24O9/c1-6-2-3-7-8(14(21)22)5-23-15(10(6)7)25-16-13(20)12(19)11(18)9(4-17)24-16/h5-7,9-13,15-20H,2-4H2,1H3,(H,21,22)/t6-,7-,9+,10-,11-,12-,13+,15+,16-/m1/s1. The monoisotopic (exact) mass is 360 g/mol. The van der Waals surface area contributed by atoms with Gasteiger partial charge in [0.05, 0.1) is 18.4 Å². The molecule has 1 saturated carbocycles. The van der Waals surface area contributed by atoms with Crippen molar-refractivity contribution in [2.45, 2.75) is 56.8 Å². The highest BCUT2D eigenvalue weighted by Gasteiger charge is 2.50. The van der Waals surface area contributed by atoms with Crippen LogP contribution in [-0.2, 0) is 19.0 Å². The molecule has 3 aliphatic rings. The molecule has 0 spiro atoms. The molecule has 9 atom stereocenters. The third-order valence-electron chi connectivity index (χ3n) is 5.46. The Hall–Kier alpha value is -1.23. The Morgan fingerprint density at radius 2 is 1.92 bits per heavy atom. The largest absolute Gasteiger partial charge is 0.478 e. The maximum atomic E-state index is 11.4. The van der Waals surface area contributed by atoms with Gasteiger partial charge in [0.25, 0.3) is 0 Å². The Bertz CT molecular complexity index is 534. The molecule has 9 heteroatoms. The SMILES string of the molecule is C[C@@H]1CC[C@@H]2C(C(=O)O)=CO[C@@H](O[C@H]3O[C@@H](CO)[C@@H](O)[C@@H](O)[C@@H]3O)[C@H]12. The van der Waals surface area contributed by atoms with Crippen LogP contribution in [-0.4, -0.2) is 75.1 Å². The summed E-state index contributed by atoms with van der Waals surface area (Å²) >= 11 is 0. The number of aliphatic hydroxyl groups excluding tert-OH is 4. The van der Waals surface area contributed by atoms with Crippen molar-refractivity contribution in [3.8, 4) is 0 Å². The van der Waals surface area contributed by atoms with E-state index in [2.05, 4.69) is 0 Å². The van der Waals surface area contributed by atoms with Crippen molar-refractivity contribution in [2.75, 3.05) is 6.61 Å². The van der Waals surface area contributed by atoms with Gasteiger partial charge in [-0.2, -0.15) is 0 Å². The molecule has 9 nitrogen and oxygen atoms in total. The van der Waals surface area contributed by atoms with Crippen molar-refractivity contribution in [2.24, 2.45) is 17.8 Å². The first-order chi connectivity index (χ1) is 11.8. The first-order valence-electron chi connectivity index (χ1n) is 8.40. The first kappa shape index (κ1) is 18.6. The maximum absolute atomic E-state index is 11.4. The van der Waals surface area contributed by atoms with Crippen LogP contribution in [0.3, 0.4) is 0 Å². The highest BCUT2D eigenvalue weighted by molar-refractivity contribution is 5.87. The Morgan fingerprint density at radius 3 is 2.56 bits per heavy atom. The summed E-state index contributed by atoms with van der Waals surface area (Å²) in [7, 11) is 0. The van der Waals surface area contributed by atoms with Crippen LogP contribution in [0.15, 0.2) is 11.8 Å². The summed E-state index contributed by atoms with van der Waals surface area (Å²) in [5.74, 6) is -1.35. The molecule has 0 unspecified atom stereocenters. The van der Waals surface area contributed by atoms with E-state index in [4.69, 9.17) is 14.2 Å². The van der Waals surface area contributed by atoms with E-state index in [9.17, 15) is 30.3 Å². The van der Waals surface area contributed by atoms with Crippen molar-refractivity contribution < 1.29 is 44.5 Å². The number of carboxylic acid groups (broad SMARTS) is 1. The summed E-state index contributed by atoms with van der Waals surface area (Å²) in [4.78, 5) is 11.4. The fourth-order valence-corrected chi connectivity index (χ4v) is 4.01. The summed E-state index contributed by atoms with van der Waals surface area (Å²) in [6, 6.07) is 0. The van der Waals surface area contributed by atoms with Gasteiger partial charge in [-0.25, -0.2) is 4.79 Å². The van der Waals surface area contributed by atoms with Gasteiger partial charge in [-0.15, -0.1) is 0 Å². The van der Waals surface area contributed by atoms with Crippen LogP contribution in [0.1, 0.15) is 19.8 Å². The van der Waals surface area contributed by atoms with E-state index in [1.165, 1.54) is 0 Å². The minimum absolute atomic E-state index is 0.142. The number of fused-ring (bicyclic) bond motifs is 1. The van der Waals surface area contributed by atoms with Gasteiger partial charge in [0, 0.05) is 11.8 Å². The van der Waals surface area contributed by atoms with E-state index in [1.807, 2.05) is 6.92 Å². The molecule has 3 rings (SSSR count). The number of carbonyl (C=O) groups is 1. The summed E-state index contributed by atoms with van der Waals surface area (Å²) in [5.41, 5.74) is 0.197. The number of carboxylic acids is 1. The van der Waals surface area contributed by atoms with E-state index in [1.54, 1.807) is 0 Å². The third-order valence-corrected chi connectivity index (χ3v) is 5.46. The molecule has 142 valence electrons. The van der Waals surface area contributed by atoms with Gasteiger partial charge in [0.1, 0.15) is 24.4 Å². The second-order valence-electron chi connectivity index (χ2n) is 6.95. The van der Waals surface area contributed by atoms with Crippen LogP contribution in [0, 0.1) is 17.8 Å². The van der Waals surface area contributed by atoms with Crippen LogP contribution in [0.2, 0.25) is 0 Å². The fraction of sp³-hybridized carbons (Fsp3) is 0.812. The quantitative estimate of drug-likeness (QED) is 0.417. The molecule has 1 aliphatic carbocycles. The lowest BCUT2D eigenvalue weighted by Gasteiger charge is -2.43. The van der Waals surface area contributed by atoms with E-state index in [0.29, 0.717) is 6.42 Å². The minimum Gasteiger partial charge on any atom is -0.478 e. The molecule has 0 amide bonds. The Kier molecular flexibility index (Phi) is 5.33. The molecule has 2 aliphatic heterocycles. The van der Waals surface area contributed by atoms with Crippen LogP contribution in [0.25, 0.3) is 0 Å². The lowest BCUT2D eigenvalue weighted by Crippen LogP contribution is -2.60. The molecule has 1 saturated heterocycles. The minimum atomic E-state index is -1.54. The van der Waals surface area contributed by atoms with Gasteiger partial charge >= 0.3 is 5.97 Å². The predicted octanol–water partition coefficient (Wildman–Crippen LogP) is -1.21. The summed E-state index contributed by atoms with van der Waals surface area (Å²) in [5, 5.41) is 48.3. The van der Waals surface area contributed by atoms with Crippen molar-refractivity contribution in [3.63, 3.8) is 0 Å². The molecule has 25 heavy (non-hydrogen) atoms. The second kappa shape index (κ2) is 7.18. The lowest BCUT2D eigenvalue weighted by molar-refractivity contribution is -0.342. The van der Waals surface area contributed by atoms with Gasteiger partial charge in [0.2, 0.25) is 6.29 Å². The number of hydrogen-bond donors (Lipinski definition) is 5. The van der Waals surface area contributed by atoms with Crippen molar-refractivity contribution >= 4 is 5.97 Å². The van der Waals surface area contributed by atoms with Gasteiger partial charge in [-0.05, 0) is 18.8 Å². The van der Waals surface area contributed by atoms with Crippen LogP contribution >= 0.6 is 0 Å². The zero-order valence-electron chi connectivity index (χ0n) is 13.8. The van der Waals surface area contributed by atoms with Crippen molar-refractivity contribution in [1.82, 2.24) is 0 Å². The molecule has 0 radical (unpaired) electrons. The van der Waals surface area contributed by atoms with Crippen LogP contribution in [0.4, 0.5) is 0 Å². The Labute approximate surface area is 144 Å². The smallest absolute Gasteiger partial charge is 0.334 e. The van der Waals surface area contributed by atoms with E-state index >= 15 is 0 Å². The fourth-order valence-electron chi connectivity index (χ4n) is 4.01. The van der Waals surface area contributed by atoms with Gasteiger partial charge in [0.15, 0.2) is 6.29 Å². The van der Waals surface area contributed by atoms with Crippen LogP contribution < -0.4 is 0 Å². The van der Waals surface area contributed by atoms with Crippen LogP contribution in [0.5, 0.6) is 0 Å². The second-order valence-corrected chi connectivity index (χ2v) is 6.95. The van der Waals surface area contributed by atoms with Gasteiger partial charge < -0.3 is 39.7 Å². The van der Waals surface area contributed by atoms with E-state index in [-0.39, 0.29) is 23.3 Å². The topological polar surface area (TPSA) is 146 Å². The molecular formula is C16H24O9. The summed E-state index contributed by atoms with van der Waals surface area (Å²) < 4.78 is 16.5. The van der Waals surface area contributed by atoms with Crippen molar-refractivity contribution in [3.05, 3.63) is 11.8 Å². The van der Waals surface area contributed by atoms with E-state index in [0.717, 1.165) is 12.7 Å². The Balaban J connectivity index is 1.77. The molecule has 0 aromatic heterocycles. The first-order valence-corrected chi connectivity index (χ1v) is 8.40. The number of aliphatic hydroxyl groups is 4. The molecule has 2 fully saturated rings. The normalized spacial score (nSPS) is 46.9. The number of hydrogen-bond acceptors (Lipinski definition) is 8. The number of aliphatic carboxylic acids is 1. The van der Waals surface area contributed by atoms with Gasteiger partial charge in [-0.1, -0.05) is 6.92 Å². The zero-order chi connectivity index (χ0) is 18.3. The Morgan fingerprint density at radius 1 is 1.20 bits per heavy atom. The average molecular weight is 360 g/mol. The molecule has 5 N–H and O–H groups in total. The highest BCUT2D eigenvalue weighted by atomic mass is 16.8. The maximum Gasteiger partial charge on any atom is 0.334 e. The van der Waals surface area contributed by atoms with E-state index < -0.39 is 49.6 Å². The molecule has 0 bridgehead atoms. The lowest BCUT2D eigenvalue weighted by atomic mass is 9.83. The van der Waals surface area contributed by atoms with Gasteiger partial charge in [-0.3, -0.25) is 0 Å². The number of ether oxygens (including phenoxy) is 3. The zero-order valence-corrected chi connectivity index (χ0v) is 13.8. The summed E-state index contributed by atoms with van der Waals surface area (Å²) in [6.07, 6.45) is -5.10. The molecule has 0 aromatic carbocycles. The number of rotatable bonds is 4. The molecule has 0 aromatic rings. The highest BCUT2D eigenvalue weighted by Crippen LogP contribution is 2.47.